The van der Waals surface area contributed by atoms with Gasteiger partial charge in [0.25, 0.3) is 0 Å². The van der Waals surface area contributed by atoms with Crippen molar-refractivity contribution in [1.29, 1.82) is 0 Å². The zero-order valence-electron chi connectivity index (χ0n) is 8.98. The van der Waals surface area contributed by atoms with Crippen molar-refractivity contribution in [3.8, 4) is 11.8 Å². The van der Waals surface area contributed by atoms with Gasteiger partial charge in [0.1, 0.15) is 0 Å². The standard InChI is InChI=1S/C12H11F3S/c1-3-5-10-7-6-9(4-2)8-11(10)16-12(13,14)15/h6-8H,4H2,1-2H3. The van der Waals surface area contributed by atoms with Gasteiger partial charge in [-0.3, -0.25) is 0 Å². The van der Waals surface area contributed by atoms with E-state index in [1.807, 2.05) is 6.92 Å². The van der Waals surface area contributed by atoms with Crippen LogP contribution in [0.4, 0.5) is 13.2 Å². The normalized spacial score (nSPS) is 10.8. The molecule has 1 aromatic rings. The maximum Gasteiger partial charge on any atom is 0.446 e. The van der Waals surface area contributed by atoms with Crippen molar-refractivity contribution in [2.24, 2.45) is 0 Å². The predicted molar refractivity (Wildman–Crippen MR) is 60.3 cm³/mol. The Morgan fingerprint density at radius 3 is 2.50 bits per heavy atom. The summed E-state index contributed by atoms with van der Waals surface area (Å²) in [6.07, 6.45) is 0.714. The Balaban J connectivity index is 3.13. The Labute approximate surface area is 97.2 Å². The van der Waals surface area contributed by atoms with Crippen LogP contribution in [0.5, 0.6) is 0 Å². The fraction of sp³-hybridized carbons (Fsp3) is 0.333. The van der Waals surface area contributed by atoms with E-state index in [1.165, 1.54) is 0 Å². The highest BCUT2D eigenvalue weighted by Gasteiger charge is 2.30. The van der Waals surface area contributed by atoms with Gasteiger partial charge in [-0.25, -0.2) is 0 Å². The molecule has 0 spiro atoms. The van der Waals surface area contributed by atoms with Crippen LogP contribution in [0.25, 0.3) is 0 Å². The number of halogens is 3. The summed E-state index contributed by atoms with van der Waals surface area (Å²) in [6, 6.07) is 5.00. The molecule has 16 heavy (non-hydrogen) atoms. The van der Waals surface area contributed by atoms with Crippen molar-refractivity contribution in [2.75, 3.05) is 0 Å². The van der Waals surface area contributed by atoms with Gasteiger partial charge in [-0.15, -0.1) is 5.92 Å². The van der Waals surface area contributed by atoms with Crippen LogP contribution in [0, 0.1) is 11.8 Å². The zero-order chi connectivity index (χ0) is 12.2. The van der Waals surface area contributed by atoms with E-state index < -0.39 is 5.51 Å². The molecule has 0 radical (unpaired) electrons. The minimum Gasteiger partial charge on any atom is -0.160 e. The monoisotopic (exact) mass is 244 g/mol. The molecule has 0 aliphatic carbocycles. The van der Waals surface area contributed by atoms with Gasteiger partial charge in [0, 0.05) is 10.5 Å². The van der Waals surface area contributed by atoms with Gasteiger partial charge in [0.05, 0.1) is 0 Å². The molecule has 0 nitrogen and oxygen atoms in total. The lowest BCUT2D eigenvalue weighted by Crippen LogP contribution is -2.00. The molecule has 1 rings (SSSR count). The van der Waals surface area contributed by atoms with Crippen molar-refractivity contribution < 1.29 is 13.2 Å². The van der Waals surface area contributed by atoms with Crippen LogP contribution in [0.15, 0.2) is 23.1 Å². The van der Waals surface area contributed by atoms with Crippen LogP contribution in [-0.4, -0.2) is 5.51 Å². The van der Waals surface area contributed by atoms with Crippen LogP contribution in [0.2, 0.25) is 0 Å². The number of rotatable bonds is 2. The molecular weight excluding hydrogens is 233 g/mol. The first-order valence-corrected chi connectivity index (χ1v) is 5.59. The molecule has 0 saturated carbocycles. The van der Waals surface area contributed by atoms with Crippen molar-refractivity contribution >= 4 is 11.8 Å². The van der Waals surface area contributed by atoms with Gasteiger partial charge < -0.3 is 0 Å². The molecule has 0 atom stereocenters. The molecule has 0 aliphatic rings. The fourth-order valence-corrected chi connectivity index (χ4v) is 1.92. The number of aryl methyl sites for hydroxylation is 1. The highest BCUT2D eigenvalue weighted by atomic mass is 32.2. The Morgan fingerprint density at radius 1 is 1.31 bits per heavy atom. The lowest BCUT2D eigenvalue weighted by Gasteiger charge is -2.09. The molecule has 86 valence electrons. The Bertz CT molecular complexity index is 424. The van der Waals surface area contributed by atoms with E-state index in [4.69, 9.17) is 0 Å². The summed E-state index contributed by atoms with van der Waals surface area (Å²) in [5.41, 5.74) is -2.95. The van der Waals surface area contributed by atoms with Crippen LogP contribution in [0.3, 0.4) is 0 Å². The van der Waals surface area contributed by atoms with Crippen molar-refractivity contribution in [1.82, 2.24) is 0 Å². The third-order valence-electron chi connectivity index (χ3n) is 1.94. The second-order valence-corrected chi connectivity index (χ2v) is 4.21. The highest BCUT2D eigenvalue weighted by Crippen LogP contribution is 2.38. The molecule has 0 saturated heterocycles. The third kappa shape index (κ3) is 3.82. The van der Waals surface area contributed by atoms with Crippen LogP contribution in [-0.2, 0) is 6.42 Å². The zero-order valence-corrected chi connectivity index (χ0v) is 9.80. The summed E-state index contributed by atoms with van der Waals surface area (Å²) >= 11 is -0.106. The van der Waals surface area contributed by atoms with Gasteiger partial charge in [-0.05, 0) is 42.8 Å². The van der Waals surface area contributed by atoms with E-state index >= 15 is 0 Å². The molecule has 4 heteroatoms. The minimum atomic E-state index is -4.27. The molecule has 0 amide bonds. The van der Waals surface area contributed by atoms with Gasteiger partial charge in [0.15, 0.2) is 0 Å². The quantitative estimate of drug-likeness (QED) is 0.554. The summed E-state index contributed by atoms with van der Waals surface area (Å²) in [5.74, 6) is 5.30. The summed E-state index contributed by atoms with van der Waals surface area (Å²) in [7, 11) is 0. The van der Waals surface area contributed by atoms with Gasteiger partial charge >= 0.3 is 5.51 Å². The molecule has 0 aliphatic heterocycles. The van der Waals surface area contributed by atoms with E-state index in [2.05, 4.69) is 11.8 Å². The summed E-state index contributed by atoms with van der Waals surface area (Å²) in [5, 5.41) is 0. The Morgan fingerprint density at radius 2 is 2.00 bits per heavy atom. The largest absolute Gasteiger partial charge is 0.446 e. The Kier molecular flexibility index (Phi) is 4.31. The molecule has 0 unspecified atom stereocenters. The SMILES string of the molecule is CC#Cc1ccc(CC)cc1SC(F)(F)F. The third-order valence-corrected chi connectivity index (χ3v) is 2.73. The molecule has 0 N–H and O–H groups in total. The van der Waals surface area contributed by atoms with Gasteiger partial charge in [0.2, 0.25) is 0 Å². The number of thioether (sulfide) groups is 1. The van der Waals surface area contributed by atoms with E-state index in [0.717, 1.165) is 5.56 Å². The maximum absolute atomic E-state index is 12.3. The lowest BCUT2D eigenvalue weighted by atomic mass is 10.1. The second-order valence-electron chi connectivity index (χ2n) is 3.11. The number of hydrogen-bond acceptors (Lipinski definition) is 1. The van der Waals surface area contributed by atoms with E-state index in [0.29, 0.717) is 12.0 Å². The number of benzene rings is 1. The van der Waals surface area contributed by atoms with Crippen LogP contribution >= 0.6 is 11.8 Å². The first-order chi connectivity index (χ1) is 7.46. The van der Waals surface area contributed by atoms with E-state index in [9.17, 15) is 13.2 Å². The van der Waals surface area contributed by atoms with E-state index in [1.54, 1.807) is 25.1 Å². The fourth-order valence-electron chi connectivity index (χ4n) is 1.23. The van der Waals surface area contributed by atoms with E-state index in [-0.39, 0.29) is 16.7 Å². The second kappa shape index (κ2) is 5.31. The summed E-state index contributed by atoms with van der Waals surface area (Å²) in [4.78, 5) is 0.182. The molecule has 0 heterocycles. The predicted octanol–water partition coefficient (Wildman–Crippen LogP) is 4.23. The van der Waals surface area contributed by atoms with Gasteiger partial charge in [-0.1, -0.05) is 18.9 Å². The molecular formula is C12H11F3S. The topological polar surface area (TPSA) is 0 Å². The average Bonchev–Trinajstić information content (AvgIpc) is 2.18. The Hall–Kier alpha value is -1.08. The maximum atomic E-state index is 12.3. The molecule has 0 bridgehead atoms. The number of alkyl halides is 3. The van der Waals surface area contributed by atoms with Crippen molar-refractivity contribution in [3.63, 3.8) is 0 Å². The lowest BCUT2D eigenvalue weighted by molar-refractivity contribution is -0.0328. The molecule has 1 aromatic carbocycles. The summed E-state index contributed by atoms with van der Waals surface area (Å²) in [6.45, 7) is 3.51. The first kappa shape index (κ1) is 13.0. The smallest absolute Gasteiger partial charge is 0.160 e. The average molecular weight is 244 g/mol. The van der Waals surface area contributed by atoms with Crippen molar-refractivity contribution in [3.05, 3.63) is 29.3 Å². The first-order valence-electron chi connectivity index (χ1n) is 4.77. The van der Waals surface area contributed by atoms with Gasteiger partial charge in [-0.2, -0.15) is 13.2 Å². The van der Waals surface area contributed by atoms with Crippen molar-refractivity contribution in [2.45, 2.75) is 30.7 Å². The minimum absolute atomic E-state index is 0.106. The van der Waals surface area contributed by atoms with Crippen LogP contribution in [0.1, 0.15) is 25.0 Å². The number of hydrogen-bond donors (Lipinski definition) is 0. The molecule has 0 aromatic heterocycles. The molecule has 0 fully saturated rings. The summed E-state index contributed by atoms with van der Waals surface area (Å²) < 4.78 is 36.9. The highest BCUT2D eigenvalue weighted by molar-refractivity contribution is 8.00. The van der Waals surface area contributed by atoms with Crippen LogP contribution < -0.4 is 0 Å².